The molecule has 0 radical (unpaired) electrons. The maximum atomic E-state index is 3.51. The first-order chi connectivity index (χ1) is 9.75. The highest BCUT2D eigenvalue weighted by atomic mass is 15.2. The summed E-state index contributed by atoms with van der Waals surface area (Å²) in [7, 11) is 0. The molecular weight excluding hydrogens is 244 g/mol. The van der Waals surface area contributed by atoms with Crippen LogP contribution in [0.25, 0.3) is 0 Å². The number of para-hydroxylation sites is 1. The zero-order valence-electron chi connectivity index (χ0n) is 12.3. The van der Waals surface area contributed by atoms with Gasteiger partial charge >= 0.3 is 0 Å². The number of rotatable bonds is 2. The van der Waals surface area contributed by atoms with Crippen molar-refractivity contribution >= 4 is 5.69 Å². The quantitative estimate of drug-likeness (QED) is 0.892. The van der Waals surface area contributed by atoms with Crippen molar-refractivity contribution < 1.29 is 0 Å². The summed E-state index contributed by atoms with van der Waals surface area (Å²) >= 11 is 0. The molecule has 2 nitrogen and oxygen atoms in total. The third-order valence-electron chi connectivity index (χ3n) is 4.17. The second-order valence-corrected chi connectivity index (χ2v) is 5.59. The lowest BCUT2D eigenvalue weighted by molar-refractivity contribution is 0.638. The number of benzene rings is 2. The number of fused-ring (bicyclic) bond motifs is 1. The molecule has 104 valence electrons. The average Bonchev–Trinajstić information content (AvgIpc) is 2.69. The number of hydrogen-bond donors (Lipinski definition) is 1. The largest absolute Gasteiger partial charge is 0.363 e. The lowest BCUT2D eigenvalue weighted by atomic mass is 10.0. The molecule has 0 saturated carbocycles. The SMILES string of the molecule is Cc1ccc(C(C)N2CCNCc3ccccc32)cc1. The van der Waals surface area contributed by atoms with Crippen LogP contribution in [0.4, 0.5) is 5.69 Å². The smallest absolute Gasteiger partial charge is 0.0514 e. The molecule has 1 atom stereocenters. The minimum Gasteiger partial charge on any atom is -0.363 e. The number of hydrogen-bond acceptors (Lipinski definition) is 2. The van der Waals surface area contributed by atoms with Crippen LogP contribution in [0.15, 0.2) is 48.5 Å². The molecule has 1 unspecified atom stereocenters. The molecule has 0 amide bonds. The maximum Gasteiger partial charge on any atom is 0.0514 e. The summed E-state index contributed by atoms with van der Waals surface area (Å²) in [6.07, 6.45) is 0. The van der Waals surface area contributed by atoms with Crippen LogP contribution in [0.5, 0.6) is 0 Å². The Hall–Kier alpha value is -1.80. The Bertz CT molecular complexity index is 574. The summed E-state index contributed by atoms with van der Waals surface area (Å²) < 4.78 is 0. The molecule has 0 bridgehead atoms. The van der Waals surface area contributed by atoms with E-state index in [-0.39, 0.29) is 0 Å². The Kier molecular flexibility index (Phi) is 3.75. The van der Waals surface area contributed by atoms with Gasteiger partial charge in [0.1, 0.15) is 0 Å². The van der Waals surface area contributed by atoms with E-state index in [0.29, 0.717) is 6.04 Å². The van der Waals surface area contributed by atoms with Crippen LogP contribution < -0.4 is 10.2 Å². The third-order valence-corrected chi connectivity index (χ3v) is 4.17. The molecule has 3 rings (SSSR count). The van der Waals surface area contributed by atoms with Crippen molar-refractivity contribution in [2.75, 3.05) is 18.0 Å². The lowest BCUT2D eigenvalue weighted by Crippen LogP contribution is -2.31. The van der Waals surface area contributed by atoms with E-state index < -0.39 is 0 Å². The van der Waals surface area contributed by atoms with Gasteiger partial charge in [0, 0.05) is 25.3 Å². The fourth-order valence-corrected chi connectivity index (χ4v) is 2.91. The van der Waals surface area contributed by atoms with Crippen LogP contribution in [0.2, 0.25) is 0 Å². The van der Waals surface area contributed by atoms with Crippen molar-refractivity contribution in [2.24, 2.45) is 0 Å². The first kappa shape index (κ1) is 13.2. The molecular formula is C18H22N2. The molecule has 2 aromatic carbocycles. The molecule has 0 fully saturated rings. The predicted octanol–water partition coefficient (Wildman–Crippen LogP) is 3.67. The van der Waals surface area contributed by atoms with Crippen molar-refractivity contribution in [2.45, 2.75) is 26.4 Å². The Morgan fingerprint density at radius 1 is 1.05 bits per heavy atom. The molecule has 0 spiro atoms. The summed E-state index contributed by atoms with van der Waals surface area (Å²) in [4.78, 5) is 2.51. The minimum atomic E-state index is 0.400. The monoisotopic (exact) mass is 266 g/mol. The van der Waals surface area contributed by atoms with Gasteiger partial charge in [-0.3, -0.25) is 0 Å². The third kappa shape index (κ3) is 2.56. The first-order valence-electron chi connectivity index (χ1n) is 7.37. The Labute approximate surface area is 121 Å². The van der Waals surface area contributed by atoms with Gasteiger partial charge in [-0.25, -0.2) is 0 Å². The van der Waals surface area contributed by atoms with E-state index in [1.165, 1.54) is 22.4 Å². The highest BCUT2D eigenvalue weighted by molar-refractivity contribution is 5.56. The zero-order chi connectivity index (χ0) is 13.9. The Morgan fingerprint density at radius 2 is 1.80 bits per heavy atom. The molecule has 1 N–H and O–H groups in total. The van der Waals surface area contributed by atoms with Gasteiger partial charge in [-0.05, 0) is 31.0 Å². The van der Waals surface area contributed by atoms with E-state index >= 15 is 0 Å². The molecule has 2 aromatic rings. The summed E-state index contributed by atoms with van der Waals surface area (Å²) in [5, 5.41) is 3.51. The van der Waals surface area contributed by atoms with Crippen molar-refractivity contribution in [3.05, 3.63) is 65.2 Å². The Morgan fingerprint density at radius 3 is 2.60 bits per heavy atom. The molecule has 0 aliphatic carbocycles. The second kappa shape index (κ2) is 5.68. The standard InChI is InChI=1S/C18H22N2/c1-14-7-9-16(10-8-14)15(2)20-12-11-19-13-17-5-3-4-6-18(17)20/h3-10,15,19H,11-13H2,1-2H3. The molecule has 1 aliphatic rings. The number of anilines is 1. The van der Waals surface area contributed by atoms with Gasteiger partial charge in [-0.2, -0.15) is 0 Å². The number of nitrogens with zero attached hydrogens (tertiary/aromatic N) is 1. The van der Waals surface area contributed by atoms with Crippen LogP contribution in [0.1, 0.15) is 29.7 Å². The van der Waals surface area contributed by atoms with Gasteiger partial charge in [0.15, 0.2) is 0 Å². The van der Waals surface area contributed by atoms with Crippen molar-refractivity contribution in [1.29, 1.82) is 0 Å². The molecule has 1 aliphatic heterocycles. The van der Waals surface area contributed by atoms with Crippen LogP contribution in [0, 0.1) is 6.92 Å². The first-order valence-corrected chi connectivity index (χ1v) is 7.37. The van der Waals surface area contributed by atoms with Crippen LogP contribution in [0.3, 0.4) is 0 Å². The van der Waals surface area contributed by atoms with E-state index in [4.69, 9.17) is 0 Å². The van der Waals surface area contributed by atoms with Crippen molar-refractivity contribution in [3.63, 3.8) is 0 Å². The van der Waals surface area contributed by atoms with E-state index in [1.54, 1.807) is 0 Å². The normalized spacial score (nSPS) is 16.4. The summed E-state index contributed by atoms with van der Waals surface area (Å²) in [5.41, 5.74) is 5.46. The average molecular weight is 266 g/mol. The van der Waals surface area contributed by atoms with Crippen molar-refractivity contribution in [1.82, 2.24) is 5.32 Å². The fourth-order valence-electron chi connectivity index (χ4n) is 2.91. The fraction of sp³-hybridized carbons (Fsp3) is 0.333. The second-order valence-electron chi connectivity index (χ2n) is 5.59. The Balaban J connectivity index is 1.94. The van der Waals surface area contributed by atoms with Crippen LogP contribution in [-0.2, 0) is 6.54 Å². The van der Waals surface area contributed by atoms with E-state index in [1.807, 2.05) is 0 Å². The van der Waals surface area contributed by atoms with Gasteiger partial charge in [-0.15, -0.1) is 0 Å². The topological polar surface area (TPSA) is 15.3 Å². The predicted molar refractivity (Wildman–Crippen MR) is 85.1 cm³/mol. The van der Waals surface area contributed by atoms with Gasteiger partial charge < -0.3 is 10.2 Å². The lowest BCUT2D eigenvalue weighted by Gasteiger charge is -2.31. The van der Waals surface area contributed by atoms with Crippen LogP contribution in [-0.4, -0.2) is 13.1 Å². The molecule has 0 saturated heterocycles. The van der Waals surface area contributed by atoms with E-state index in [2.05, 4.69) is 72.6 Å². The molecule has 20 heavy (non-hydrogen) atoms. The van der Waals surface area contributed by atoms with Gasteiger partial charge in [0.2, 0.25) is 0 Å². The van der Waals surface area contributed by atoms with E-state index in [0.717, 1.165) is 19.6 Å². The highest BCUT2D eigenvalue weighted by Crippen LogP contribution is 2.30. The van der Waals surface area contributed by atoms with Gasteiger partial charge in [0.05, 0.1) is 6.04 Å². The minimum absolute atomic E-state index is 0.400. The zero-order valence-corrected chi connectivity index (χ0v) is 12.3. The summed E-state index contributed by atoms with van der Waals surface area (Å²) in [6.45, 7) is 7.48. The van der Waals surface area contributed by atoms with Crippen molar-refractivity contribution in [3.8, 4) is 0 Å². The molecule has 0 aromatic heterocycles. The summed E-state index contributed by atoms with van der Waals surface area (Å²) in [5.74, 6) is 0. The number of aryl methyl sites for hydroxylation is 1. The molecule has 2 heteroatoms. The van der Waals surface area contributed by atoms with Gasteiger partial charge in [0.25, 0.3) is 0 Å². The number of nitrogens with one attached hydrogen (secondary N) is 1. The van der Waals surface area contributed by atoms with Gasteiger partial charge in [-0.1, -0.05) is 48.0 Å². The highest BCUT2D eigenvalue weighted by Gasteiger charge is 2.20. The molecule has 1 heterocycles. The summed E-state index contributed by atoms with van der Waals surface area (Å²) in [6, 6.07) is 18.0. The van der Waals surface area contributed by atoms with Crippen LogP contribution >= 0.6 is 0 Å². The van der Waals surface area contributed by atoms with E-state index in [9.17, 15) is 0 Å². The maximum absolute atomic E-state index is 3.51.